The minimum Gasteiger partial charge on any atom is -0.375 e. The minimum atomic E-state index is 0. The van der Waals surface area contributed by atoms with Crippen LogP contribution in [-0.2, 0) is 9.53 Å². The van der Waals surface area contributed by atoms with Crippen molar-refractivity contribution in [3.8, 4) is 0 Å². The SMILES string of the molecule is CCN(CC1CC1)C(=O)CC1CNCCO1.Cl. The molecule has 0 aromatic carbocycles. The van der Waals surface area contributed by atoms with Gasteiger partial charge in [0.2, 0.25) is 5.91 Å². The normalized spacial score (nSPS) is 23.9. The molecule has 1 saturated heterocycles. The largest absolute Gasteiger partial charge is 0.375 e. The number of nitrogens with one attached hydrogen (secondary N) is 1. The molecule has 4 nitrogen and oxygen atoms in total. The van der Waals surface area contributed by atoms with E-state index in [9.17, 15) is 4.79 Å². The van der Waals surface area contributed by atoms with Crippen molar-refractivity contribution in [1.29, 1.82) is 0 Å². The lowest BCUT2D eigenvalue weighted by Crippen LogP contribution is -2.42. The van der Waals surface area contributed by atoms with Crippen molar-refractivity contribution in [2.45, 2.75) is 32.3 Å². The number of carbonyl (C=O) groups is 1. The second kappa shape index (κ2) is 7.19. The van der Waals surface area contributed by atoms with Crippen LogP contribution < -0.4 is 5.32 Å². The summed E-state index contributed by atoms with van der Waals surface area (Å²) in [4.78, 5) is 14.0. The van der Waals surface area contributed by atoms with Gasteiger partial charge in [0.15, 0.2) is 0 Å². The van der Waals surface area contributed by atoms with Crippen LogP contribution in [0.4, 0.5) is 0 Å². The number of morpholine rings is 1. The number of amides is 1. The van der Waals surface area contributed by atoms with Crippen molar-refractivity contribution in [3.05, 3.63) is 0 Å². The van der Waals surface area contributed by atoms with Crippen LogP contribution in [-0.4, -0.2) is 49.7 Å². The molecule has 17 heavy (non-hydrogen) atoms. The Morgan fingerprint density at radius 2 is 2.24 bits per heavy atom. The van der Waals surface area contributed by atoms with Crippen molar-refractivity contribution in [2.75, 3.05) is 32.8 Å². The minimum absolute atomic E-state index is 0. The molecular formula is C12H23ClN2O2. The lowest BCUT2D eigenvalue weighted by molar-refractivity contribution is -0.134. The van der Waals surface area contributed by atoms with Gasteiger partial charge in [0, 0.05) is 26.2 Å². The van der Waals surface area contributed by atoms with Gasteiger partial charge in [-0.15, -0.1) is 12.4 Å². The molecule has 2 fully saturated rings. The molecule has 1 aliphatic carbocycles. The maximum Gasteiger partial charge on any atom is 0.225 e. The van der Waals surface area contributed by atoms with E-state index < -0.39 is 0 Å². The van der Waals surface area contributed by atoms with Gasteiger partial charge in [-0.25, -0.2) is 0 Å². The molecule has 1 heterocycles. The first-order valence-corrected chi connectivity index (χ1v) is 6.39. The summed E-state index contributed by atoms with van der Waals surface area (Å²) in [6.45, 7) is 6.29. The molecule has 1 N–H and O–H groups in total. The zero-order valence-electron chi connectivity index (χ0n) is 10.5. The number of hydrogen-bond donors (Lipinski definition) is 1. The van der Waals surface area contributed by atoms with Crippen molar-refractivity contribution in [2.24, 2.45) is 5.92 Å². The van der Waals surface area contributed by atoms with E-state index in [1.54, 1.807) is 0 Å². The summed E-state index contributed by atoms with van der Waals surface area (Å²) in [5.41, 5.74) is 0. The van der Waals surface area contributed by atoms with Crippen LogP contribution in [0.3, 0.4) is 0 Å². The first-order valence-electron chi connectivity index (χ1n) is 6.39. The molecule has 2 rings (SSSR count). The van der Waals surface area contributed by atoms with E-state index >= 15 is 0 Å². The van der Waals surface area contributed by atoms with Gasteiger partial charge in [0.05, 0.1) is 19.1 Å². The fourth-order valence-corrected chi connectivity index (χ4v) is 2.09. The number of carbonyl (C=O) groups excluding carboxylic acids is 1. The van der Waals surface area contributed by atoms with E-state index in [0.29, 0.717) is 6.42 Å². The van der Waals surface area contributed by atoms with Crippen LogP contribution in [0, 0.1) is 5.92 Å². The second-order valence-electron chi connectivity index (χ2n) is 4.78. The molecule has 0 spiro atoms. The fraction of sp³-hybridized carbons (Fsp3) is 0.917. The molecule has 0 aromatic heterocycles. The molecule has 1 saturated carbocycles. The zero-order chi connectivity index (χ0) is 11.4. The summed E-state index contributed by atoms with van der Waals surface area (Å²) in [7, 11) is 0. The van der Waals surface area contributed by atoms with Crippen LogP contribution in [0.15, 0.2) is 0 Å². The molecule has 1 amide bonds. The summed E-state index contributed by atoms with van der Waals surface area (Å²) >= 11 is 0. The Labute approximate surface area is 109 Å². The Balaban J connectivity index is 0.00000144. The predicted molar refractivity (Wildman–Crippen MR) is 69.5 cm³/mol. The quantitative estimate of drug-likeness (QED) is 0.805. The van der Waals surface area contributed by atoms with Crippen molar-refractivity contribution < 1.29 is 9.53 Å². The highest BCUT2D eigenvalue weighted by Crippen LogP contribution is 2.29. The first kappa shape index (κ1) is 14.7. The van der Waals surface area contributed by atoms with Gasteiger partial charge >= 0.3 is 0 Å². The van der Waals surface area contributed by atoms with Gasteiger partial charge in [-0.1, -0.05) is 0 Å². The second-order valence-corrected chi connectivity index (χ2v) is 4.78. The number of hydrogen-bond acceptors (Lipinski definition) is 3. The highest BCUT2D eigenvalue weighted by molar-refractivity contribution is 5.85. The molecule has 1 atom stereocenters. The van der Waals surface area contributed by atoms with E-state index in [4.69, 9.17) is 4.74 Å². The summed E-state index contributed by atoms with van der Waals surface area (Å²) in [6, 6.07) is 0. The van der Waals surface area contributed by atoms with Gasteiger partial charge < -0.3 is 15.0 Å². The molecule has 0 radical (unpaired) electrons. The summed E-state index contributed by atoms with van der Waals surface area (Å²) in [5, 5.41) is 3.25. The van der Waals surface area contributed by atoms with E-state index in [1.807, 2.05) is 4.90 Å². The monoisotopic (exact) mass is 262 g/mol. The Hall–Kier alpha value is -0.320. The molecule has 5 heteroatoms. The zero-order valence-corrected chi connectivity index (χ0v) is 11.3. The lowest BCUT2D eigenvalue weighted by Gasteiger charge is -2.27. The fourth-order valence-electron chi connectivity index (χ4n) is 2.09. The molecular weight excluding hydrogens is 240 g/mol. The van der Waals surface area contributed by atoms with Gasteiger partial charge in [-0.3, -0.25) is 4.79 Å². The van der Waals surface area contributed by atoms with Crippen molar-refractivity contribution in [3.63, 3.8) is 0 Å². The Morgan fingerprint density at radius 3 is 2.76 bits per heavy atom. The molecule has 0 bridgehead atoms. The van der Waals surface area contributed by atoms with Crippen LogP contribution in [0.2, 0.25) is 0 Å². The molecule has 100 valence electrons. The Kier molecular flexibility index (Phi) is 6.23. The van der Waals surface area contributed by atoms with Crippen molar-refractivity contribution >= 4 is 18.3 Å². The highest BCUT2D eigenvalue weighted by Gasteiger charge is 2.27. The maximum absolute atomic E-state index is 12.0. The topological polar surface area (TPSA) is 41.6 Å². The first-order chi connectivity index (χ1) is 7.79. The third-order valence-electron chi connectivity index (χ3n) is 3.32. The van der Waals surface area contributed by atoms with E-state index in [2.05, 4.69) is 12.2 Å². The van der Waals surface area contributed by atoms with E-state index in [0.717, 1.165) is 38.7 Å². The standard InChI is InChI=1S/C12H22N2O2.ClH/c1-2-14(9-10-3-4-10)12(15)7-11-8-13-5-6-16-11;/h10-11,13H,2-9H2,1H3;1H. The van der Waals surface area contributed by atoms with Crippen molar-refractivity contribution in [1.82, 2.24) is 10.2 Å². The predicted octanol–water partition coefficient (Wildman–Crippen LogP) is 1.05. The maximum atomic E-state index is 12.0. The summed E-state index contributed by atoms with van der Waals surface area (Å²) in [5.74, 6) is 1.03. The molecule has 0 aromatic rings. The number of rotatable bonds is 5. The number of ether oxygens (including phenoxy) is 1. The third kappa shape index (κ3) is 4.82. The van der Waals surface area contributed by atoms with Crippen LogP contribution in [0.5, 0.6) is 0 Å². The van der Waals surface area contributed by atoms with E-state index in [-0.39, 0.29) is 24.4 Å². The average Bonchev–Trinajstić information content (AvgIpc) is 3.11. The van der Waals surface area contributed by atoms with E-state index in [1.165, 1.54) is 12.8 Å². The molecule has 2 aliphatic rings. The number of halogens is 1. The van der Waals surface area contributed by atoms with Gasteiger partial charge in [-0.2, -0.15) is 0 Å². The molecule has 1 unspecified atom stereocenters. The van der Waals surface area contributed by atoms with Gasteiger partial charge in [0.25, 0.3) is 0 Å². The van der Waals surface area contributed by atoms with Gasteiger partial charge in [-0.05, 0) is 25.7 Å². The average molecular weight is 263 g/mol. The lowest BCUT2D eigenvalue weighted by atomic mass is 10.2. The van der Waals surface area contributed by atoms with Crippen LogP contribution in [0.25, 0.3) is 0 Å². The smallest absolute Gasteiger partial charge is 0.225 e. The van der Waals surface area contributed by atoms with Gasteiger partial charge in [0.1, 0.15) is 0 Å². The number of nitrogens with zero attached hydrogens (tertiary/aromatic N) is 1. The van der Waals surface area contributed by atoms with Crippen LogP contribution in [0.1, 0.15) is 26.2 Å². The summed E-state index contributed by atoms with van der Waals surface area (Å²) < 4.78 is 5.55. The Morgan fingerprint density at radius 1 is 1.47 bits per heavy atom. The third-order valence-corrected chi connectivity index (χ3v) is 3.32. The Bertz CT molecular complexity index is 241. The summed E-state index contributed by atoms with van der Waals surface area (Å²) in [6.07, 6.45) is 3.21. The van der Waals surface area contributed by atoms with Crippen LogP contribution >= 0.6 is 12.4 Å². The molecule has 1 aliphatic heterocycles. The highest BCUT2D eigenvalue weighted by atomic mass is 35.5.